The van der Waals surface area contributed by atoms with Crippen LogP contribution in [-0.2, 0) is 31.1 Å². The van der Waals surface area contributed by atoms with Gasteiger partial charge in [0.05, 0.1) is 38.6 Å². The zero-order valence-electron chi connectivity index (χ0n) is 43.0. The third kappa shape index (κ3) is 15.6. The van der Waals surface area contributed by atoms with Crippen LogP contribution in [0.2, 0.25) is 0 Å². The van der Waals surface area contributed by atoms with Gasteiger partial charge in [0.25, 0.3) is 0 Å². The molecule has 0 radical (unpaired) electrons. The molecule has 2 aromatic rings. The summed E-state index contributed by atoms with van der Waals surface area (Å²) in [5.41, 5.74) is 7.97. The highest BCUT2D eigenvalue weighted by Crippen LogP contribution is 2.52. The van der Waals surface area contributed by atoms with Gasteiger partial charge < -0.3 is 18.9 Å². The first-order valence-electron chi connectivity index (χ1n) is 24.1. The fourth-order valence-corrected chi connectivity index (χ4v) is 11.4. The lowest BCUT2D eigenvalue weighted by Crippen LogP contribution is -2.30. The van der Waals surface area contributed by atoms with E-state index < -0.39 is 0 Å². The maximum Gasteiger partial charge on any atom is 0.126 e. The van der Waals surface area contributed by atoms with Gasteiger partial charge in [0.15, 0.2) is 0 Å². The van der Waals surface area contributed by atoms with E-state index in [1.165, 1.54) is 33.4 Å². The van der Waals surface area contributed by atoms with Gasteiger partial charge in [-0.15, -0.1) is 0 Å². The van der Waals surface area contributed by atoms with Crippen LogP contribution in [0, 0.1) is 21.7 Å². The minimum Gasteiger partial charge on any atom is -0.493 e. The summed E-state index contributed by atoms with van der Waals surface area (Å²) in [4.78, 5) is 0. The first kappa shape index (κ1) is 50.6. The van der Waals surface area contributed by atoms with Gasteiger partial charge in [-0.1, -0.05) is 138 Å². The second kappa shape index (κ2) is 18.6. The van der Waals surface area contributed by atoms with Crippen molar-refractivity contribution in [2.24, 2.45) is 21.7 Å². The number of hydrogen-bond acceptors (Lipinski definition) is 4. The maximum absolute atomic E-state index is 7.16. The summed E-state index contributed by atoms with van der Waals surface area (Å²) in [6, 6.07) is 10.1. The Morgan fingerprint density at radius 3 is 0.833 bits per heavy atom. The summed E-state index contributed by atoms with van der Waals surface area (Å²) >= 11 is 0. The van der Waals surface area contributed by atoms with Crippen molar-refractivity contribution in [3.05, 3.63) is 46.5 Å². The van der Waals surface area contributed by atoms with E-state index in [9.17, 15) is 0 Å². The normalized spacial score (nSPS) is 18.2. The van der Waals surface area contributed by atoms with Crippen LogP contribution in [0.3, 0.4) is 0 Å². The van der Waals surface area contributed by atoms with Crippen molar-refractivity contribution < 1.29 is 18.9 Å². The van der Waals surface area contributed by atoms with Crippen molar-refractivity contribution in [3.8, 4) is 22.6 Å². The molecule has 0 aromatic heterocycles. The minimum atomic E-state index is -0.130. The molecular weight excluding hydrogens is 737 g/mol. The van der Waals surface area contributed by atoms with Gasteiger partial charge in [-0.3, -0.25) is 0 Å². The van der Waals surface area contributed by atoms with Crippen molar-refractivity contribution in [1.29, 1.82) is 0 Å². The summed E-state index contributed by atoms with van der Waals surface area (Å²) in [7, 11) is 0. The van der Waals surface area contributed by atoms with E-state index in [-0.39, 0.29) is 43.3 Å². The van der Waals surface area contributed by atoms with Crippen LogP contribution in [0.5, 0.6) is 11.5 Å². The smallest absolute Gasteiger partial charge is 0.126 e. The molecule has 2 aromatic carbocycles. The maximum atomic E-state index is 7.16. The van der Waals surface area contributed by atoms with E-state index in [4.69, 9.17) is 18.9 Å². The monoisotopic (exact) mass is 831 g/mol. The molecule has 342 valence electrons. The molecular formula is C56H94O4. The molecule has 4 rings (SSSR count). The number of unbranched alkanes of at least 4 members (excludes halogenated alkanes) is 2. The predicted octanol–water partition coefficient (Wildman–Crippen LogP) is 16.1. The average molecular weight is 831 g/mol. The van der Waals surface area contributed by atoms with E-state index in [2.05, 4.69) is 163 Å². The van der Waals surface area contributed by atoms with Crippen LogP contribution >= 0.6 is 0 Å². The topological polar surface area (TPSA) is 43.5 Å². The first-order valence-corrected chi connectivity index (χ1v) is 24.1. The highest BCUT2D eigenvalue weighted by atomic mass is 16.6. The molecule has 0 spiro atoms. The zero-order chi connectivity index (χ0) is 45.3. The number of benzene rings is 2. The molecule has 2 fully saturated rings. The van der Waals surface area contributed by atoms with Gasteiger partial charge in [-0.25, -0.2) is 0 Å². The van der Waals surface area contributed by atoms with Crippen LogP contribution in [-0.4, -0.2) is 38.6 Å². The summed E-state index contributed by atoms with van der Waals surface area (Å²) in [6.45, 7) is 51.5. The summed E-state index contributed by atoms with van der Waals surface area (Å²) < 4.78 is 25.4. The molecule has 4 nitrogen and oxygen atoms in total. The van der Waals surface area contributed by atoms with Crippen LogP contribution in [0.1, 0.15) is 225 Å². The molecule has 0 saturated carbocycles. The summed E-state index contributed by atoms with van der Waals surface area (Å²) in [5.74, 6) is 2.23. The molecule has 0 N–H and O–H groups in total. The highest BCUT2D eigenvalue weighted by Gasteiger charge is 2.39. The molecule has 0 amide bonds. The fourth-order valence-electron chi connectivity index (χ4n) is 11.4. The molecule has 2 atom stereocenters. The Morgan fingerprint density at radius 2 is 0.633 bits per heavy atom. The Kier molecular flexibility index (Phi) is 15.7. The van der Waals surface area contributed by atoms with Crippen molar-refractivity contribution in [1.82, 2.24) is 0 Å². The molecule has 0 bridgehead atoms. The van der Waals surface area contributed by atoms with E-state index in [0.29, 0.717) is 12.2 Å². The Labute approximate surface area is 371 Å². The molecule has 4 heteroatoms. The van der Waals surface area contributed by atoms with Crippen molar-refractivity contribution >= 4 is 0 Å². The zero-order valence-corrected chi connectivity index (χ0v) is 43.0. The average Bonchev–Trinajstić information content (AvgIpc) is 3.96. The minimum absolute atomic E-state index is 0.130. The molecule has 60 heavy (non-hydrogen) atoms. The van der Waals surface area contributed by atoms with Crippen LogP contribution in [0.4, 0.5) is 0 Å². The number of epoxide rings is 2. The van der Waals surface area contributed by atoms with E-state index in [1.54, 1.807) is 0 Å². The molecule has 2 heterocycles. The fraction of sp³-hybridized carbons (Fsp3) is 0.786. The number of rotatable bonds is 21. The van der Waals surface area contributed by atoms with Gasteiger partial charge in [-0.05, 0) is 143 Å². The lowest BCUT2D eigenvalue weighted by molar-refractivity contribution is 0.245. The van der Waals surface area contributed by atoms with Gasteiger partial charge in [0.1, 0.15) is 11.5 Å². The molecule has 2 saturated heterocycles. The Balaban J connectivity index is 2.05. The van der Waals surface area contributed by atoms with Gasteiger partial charge in [0.2, 0.25) is 0 Å². The second-order valence-corrected chi connectivity index (χ2v) is 26.9. The molecule has 0 aliphatic carbocycles. The van der Waals surface area contributed by atoms with Crippen molar-refractivity contribution in [2.75, 3.05) is 26.4 Å². The van der Waals surface area contributed by atoms with Crippen LogP contribution in [0.25, 0.3) is 11.1 Å². The van der Waals surface area contributed by atoms with Crippen molar-refractivity contribution in [3.63, 3.8) is 0 Å². The molecule has 2 unspecified atom stereocenters. The van der Waals surface area contributed by atoms with Crippen LogP contribution < -0.4 is 9.47 Å². The largest absolute Gasteiger partial charge is 0.493 e. The summed E-state index contributed by atoms with van der Waals surface area (Å²) in [6.07, 6.45) is 11.7. The third-order valence-electron chi connectivity index (χ3n) is 12.5. The van der Waals surface area contributed by atoms with E-state index >= 15 is 0 Å². The van der Waals surface area contributed by atoms with Gasteiger partial charge >= 0.3 is 0 Å². The predicted molar refractivity (Wildman–Crippen MR) is 258 cm³/mol. The van der Waals surface area contributed by atoms with E-state index in [1.807, 2.05) is 0 Å². The lowest BCUT2D eigenvalue weighted by Gasteiger charge is -2.40. The number of ether oxygens (including phenoxy) is 4. The van der Waals surface area contributed by atoms with Gasteiger partial charge in [0, 0.05) is 22.3 Å². The van der Waals surface area contributed by atoms with E-state index in [0.717, 1.165) is 102 Å². The summed E-state index contributed by atoms with van der Waals surface area (Å²) in [5, 5.41) is 0. The lowest BCUT2D eigenvalue weighted by atomic mass is 9.66. The van der Waals surface area contributed by atoms with Crippen molar-refractivity contribution in [2.45, 2.75) is 237 Å². The molecule has 2 aliphatic heterocycles. The Hall–Kier alpha value is -2.04. The molecule has 2 aliphatic rings. The Bertz CT molecular complexity index is 1480. The van der Waals surface area contributed by atoms with Gasteiger partial charge in [-0.2, -0.15) is 0 Å². The number of hydrogen-bond donors (Lipinski definition) is 0. The quantitative estimate of drug-likeness (QED) is 0.0928. The van der Waals surface area contributed by atoms with Crippen LogP contribution in [0.15, 0.2) is 24.3 Å². The highest BCUT2D eigenvalue weighted by molar-refractivity contribution is 5.73. The second-order valence-electron chi connectivity index (χ2n) is 26.9. The third-order valence-corrected chi connectivity index (χ3v) is 12.5. The standard InChI is InChI=1S/C56H94O4/c1-49(2,3)35-53(13,14)43-29-39(30-44(54(15,16)36-50(4,5)6)47(43)57-27-23-21-25-41-33-59-41)40-31-45(55(17,18)37-51(7,8)9)48(58-28-24-22-26-42-34-60-42)46(32-40)56(19,20)38-52(10,11)12/h29-32,41-42H,21-28,33-38H2,1-20H3. The SMILES string of the molecule is CC(C)(C)CC(C)(C)c1cc(-c2cc(C(C)(C)CC(C)(C)C)c(OCCCCC3CO3)c(C(C)(C)CC(C)(C)C)c2)cc(C(C)(C)CC(C)(C)C)c1OCCCCC1CO1. The first-order chi connectivity index (χ1) is 27.2. The Morgan fingerprint density at radius 1 is 0.400 bits per heavy atom.